The van der Waals surface area contributed by atoms with Crippen molar-refractivity contribution in [3.05, 3.63) is 48.6 Å². The standard InChI is InChI=1S/C21H30N2O6/c1-6-12-28-18(24)13-23(5)19(25)17(22-20(26)29-21(2,3)4)15-27-14-16-10-8-7-9-11-16/h6-11,17H,1,12-15H2,2-5H3,(H,22,26)/t17-/m0/s1. The fraction of sp³-hybridized carbons (Fsp3) is 0.476. The molecule has 1 aromatic carbocycles. The molecule has 0 heterocycles. The van der Waals surface area contributed by atoms with Crippen molar-refractivity contribution in [3.8, 4) is 0 Å². The topological polar surface area (TPSA) is 94.2 Å². The Bertz CT molecular complexity index is 684. The predicted octanol–water partition coefficient (Wildman–Crippen LogP) is 2.28. The highest BCUT2D eigenvalue weighted by Crippen LogP contribution is 2.08. The van der Waals surface area contributed by atoms with E-state index in [2.05, 4.69) is 11.9 Å². The molecule has 8 nitrogen and oxygen atoms in total. The maximum absolute atomic E-state index is 12.7. The maximum Gasteiger partial charge on any atom is 0.408 e. The van der Waals surface area contributed by atoms with Crippen LogP contribution in [0.5, 0.6) is 0 Å². The zero-order chi connectivity index (χ0) is 21.9. The summed E-state index contributed by atoms with van der Waals surface area (Å²) < 4.78 is 15.7. The molecule has 160 valence electrons. The van der Waals surface area contributed by atoms with E-state index in [0.29, 0.717) is 0 Å². The van der Waals surface area contributed by atoms with E-state index in [-0.39, 0.29) is 26.4 Å². The molecule has 0 saturated carbocycles. The summed E-state index contributed by atoms with van der Waals surface area (Å²) in [5, 5.41) is 2.51. The van der Waals surface area contributed by atoms with Gasteiger partial charge < -0.3 is 24.4 Å². The average Bonchev–Trinajstić information content (AvgIpc) is 2.64. The van der Waals surface area contributed by atoms with Crippen LogP contribution < -0.4 is 5.32 Å². The van der Waals surface area contributed by atoms with Crippen molar-refractivity contribution in [2.24, 2.45) is 0 Å². The second-order valence-corrected chi connectivity index (χ2v) is 7.37. The normalized spacial score (nSPS) is 11.9. The van der Waals surface area contributed by atoms with Crippen LogP contribution in [0.1, 0.15) is 26.3 Å². The molecule has 1 aromatic rings. The van der Waals surface area contributed by atoms with Crippen molar-refractivity contribution >= 4 is 18.0 Å². The van der Waals surface area contributed by atoms with Crippen LogP contribution in [0.15, 0.2) is 43.0 Å². The van der Waals surface area contributed by atoms with Crippen molar-refractivity contribution < 1.29 is 28.6 Å². The zero-order valence-electron chi connectivity index (χ0n) is 17.5. The molecule has 0 aliphatic heterocycles. The highest BCUT2D eigenvalue weighted by Gasteiger charge is 2.28. The number of hydrogen-bond acceptors (Lipinski definition) is 6. The van der Waals surface area contributed by atoms with E-state index in [9.17, 15) is 14.4 Å². The van der Waals surface area contributed by atoms with Gasteiger partial charge in [-0.2, -0.15) is 0 Å². The number of nitrogens with one attached hydrogen (secondary N) is 1. The van der Waals surface area contributed by atoms with Gasteiger partial charge in [0.05, 0.1) is 13.2 Å². The van der Waals surface area contributed by atoms with Crippen molar-refractivity contribution in [2.75, 3.05) is 26.8 Å². The lowest BCUT2D eigenvalue weighted by atomic mass is 10.2. The van der Waals surface area contributed by atoms with Crippen LogP contribution in [0.3, 0.4) is 0 Å². The van der Waals surface area contributed by atoms with Crippen molar-refractivity contribution in [3.63, 3.8) is 0 Å². The summed E-state index contributed by atoms with van der Waals surface area (Å²) in [6.45, 7) is 8.59. The summed E-state index contributed by atoms with van der Waals surface area (Å²) in [5.41, 5.74) is 0.209. The first-order valence-corrected chi connectivity index (χ1v) is 9.25. The van der Waals surface area contributed by atoms with E-state index in [0.717, 1.165) is 5.56 Å². The minimum absolute atomic E-state index is 0.0562. The first-order valence-electron chi connectivity index (χ1n) is 9.25. The van der Waals surface area contributed by atoms with Gasteiger partial charge in [0.25, 0.3) is 0 Å². The van der Waals surface area contributed by atoms with Crippen molar-refractivity contribution in [1.82, 2.24) is 10.2 Å². The predicted molar refractivity (Wildman–Crippen MR) is 108 cm³/mol. The van der Waals surface area contributed by atoms with Crippen molar-refractivity contribution in [1.29, 1.82) is 0 Å². The lowest BCUT2D eigenvalue weighted by Crippen LogP contribution is -2.52. The molecule has 29 heavy (non-hydrogen) atoms. The highest BCUT2D eigenvalue weighted by atomic mass is 16.6. The molecule has 0 radical (unpaired) electrons. The number of alkyl carbamates (subject to hydrolysis) is 1. The number of carbonyl (C=O) groups excluding carboxylic acids is 3. The van der Waals surface area contributed by atoms with Gasteiger partial charge in [0.1, 0.15) is 24.8 Å². The Hall–Kier alpha value is -2.87. The van der Waals surface area contributed by atoms with Crippen LogP contribution in [0, 0.1) is 0 Å². The van der Waals surface area contributed by atoms with Crippen LogP contribution in [-0.2, 0) is 30.4 Å². The minimum Gasteiger partial charge on any atom is -0.460 e. The molecule has 0 aliphatic carbocycles. The van der Waals surface area contributed by atoms with Crippen molar-refractivity contribution in [2.45, 2.75) is 39.0 Å². The van der Waals surface area contributed by atoms with Gasteiger partial charge in [-0.3, -0.25) is 9.59 Å². The summed E-state index contributed by atoms with van der Waals surface area (Å²) >= 11 is 0. The largest absolute Gasteiger partial charge is 0.460 e. The molecule has 2 amide bonds. The fourth-order valence-corrected chi connectivity index (χ4v) is 2.23. The molecular formula is C21H30N2O6. The van der Waals surface area contributed by atoms with E-state index in [1.54, 1.807) is 20.8 Å². The number of carbonyl (C=O) groups is 3. The number of amides is 2. The molecule has 0 bridgehead atoms. The second kappa shape index (κ2) is 11.9. The number of benzene rings is 1. The number of likely N-dealkylation sites (N-methyl/N-ethyl adjacent to an activating group) is 1. The van der Waals surface area contributed by atoms with Gasteiger partial charge in [0.2, 0.25) is 5.91 Å². The second-order valence-electron chi connectivity index (χ2n) is 7.37. The van der Waals surface area contributed by atoms with E-state index in [1.807, 2.05) is 30.3 Å². The molecule has 1 N–H and O–H groups in total. The number of ether oxygens (including phenoxy) is 3. The van der Waals surface area contributed by atoms with Gasteiger partial charge in [-0.25, -0.2) is 4.79 Å². The molecule has 0 aromatic heterocycles. The maximum atomic E-state index is 12.7. The van der Waals surface area contributed by atoms with Gasteiger partial charge in [0.15, 0.2) is 0 Å². The quantitative estimate of drug-likeness (QED) is 0.473. The molecule has 0 spiro atoms. The molecule has 0 unspecified atom stereocenters. The summed E-state index contributed by atoms with van der Waals surface area (Å²) in [6, 6.07) is 8.40. The van der Waals surface area contributed by atoms with Crippen LogP contribution >= 0.6 is 0 Å². The van der Waals surface area contributed by atoms with Gasteiger partial charge in [-0.05, 0) is 26.3 Å². The minimum atomic E-state index is -1.02. The molecular weight excluding hydrogens is 376 g/mol. The summed E-state index contributed by atoms with van der Waals surface area (Å²) in [6.07, 6.45) is 0.686. The first kappa shape index (κ1) is 24.2. The molecule has 8 heteroatoms. The first-order chi connectivity index (χ1) is 13.6. The fourth-order valence-electron chi connectivity index (χ4n) is 2.23. The van der Waals surface area contributed by atoms with Gasteiger partial charge in [0, 0.05) is 7.05 Å². The Morgan fingerprint density at radius 1 is 1.21 bits per heavy atom. The summed E-state index contributed by atoms with van der Waals surface area (Å²) in [7, 11) is 1.44. The van der Waals surface area contributed by atoms with E-state index < -0.39 is 29.6 Å². The molecule has 1 rings (SSSR count). The summed E-state index contributed by atoms with van der Waals surface area (Å²) in [4.78, 5) is 37.8. The highest BCUT2D eigenvalue weighted by molar-refractivity contribution is 5.88. The van der Waals surface area contributed by atoms with E-state index in [1.165, 1.54) is 18.0 Å². The lowest BCUT2D eigenvalue weighted by molar-refractivity contribution is -0.148. The molecule has 1 atom stereocenters. The van der Waals surface area contributed by atoms with Crippen LogP contribution in [-0.4, -0.2) is 61.3 Å². The third-order valence-electron chi connectivity index (χ3n) is 3.49. The smallest absolute Gasteiger partial charge is 0.408 e. The monoisotopic (exact) mass is 406 g/mol. The Balaban J connectivity index is 2.73. The Morgan fingerprint density at radius 2 is 1.86 bits per heavy atom. The number of rotatable bonds is 10. The van der Waals surface area contributed by atoms with Gasteiger partial charge in [-0.15, -0.1) is 0 Å². The van der Waals surface area contributed by atoms with Crippen LogP contribution in [0.4, 0.5) is 4.79 Å². The van der Waals surface area contributed by atoms with E-state index >= 15 is 0 Å². The van der Waals surface area contributed by atoms with Crippen LogP contribution in [0.2, 0.25) is 0 Å². The Kier molecular flexibility index (Phi) is 9.88. The number of nitrogens with zero attached hydrogens (tertiary/aromatic N) is 1. The van der Waals surface area contributed by atoms with Gasteiger partial charge >= 0.3 is 12.1 Å². The number of hydrogen-bond donors (Lipinski definition) is 1. The van der Waals surface area contributed by atoms with Gasteiger partial charge in [-0.1, -0.05) is 43.0 Å². The van der Waals surface area contributed by atoms with E-state index in [4.69, 9.17) is 14.2 Å². The third-order valence-corrected chi connectivity index (χ3v) is 3.49. The Morgan fingerprint density at radius 3 is 2.45 bits per heavy atom. The van der Waals surface area contributed by atoms with Crippen LogP contribution in [0.25, 0.3) is 0 Å². The SMILES string of the molecule is C=CCOC(=O)CN(C)C(=O)[C@H](COCc1ccccc1)NC(=O)OC(C)(C)C. The molecule has 0 saturated heterocycles. The average molecular weight is 406 g/mol. The third kappa shape index (κ3) is 10.3. The number of esters is 1. The lowest BCUT2D eigenvalue weighted by Gasteiger charge is -2.26. The summed E-state index contributed by atoms with van der Waals surface area (Å²) in [5.74, 6) is -1.08. The molecule has 0 fully saturated rings. The Labute approximate surface area is 171 Å². The molecule has 0 aliphatic rings. The zero-order valence-corrected chi connectivity index (χ0v) is 17.5.